The second-order valence-corrected chi connectivity index (χ2v) is 3.66. The molecular weight excluding hydrogens is 174 g/mol. The summed E-state index contributed by atoms with van der Waals surface area (Å²) in [6.45, 7) is 3.57. The van der Waals surface area contributed by atoms with Crippen LogP contribution in [0.5, 0.6) is 0 Å². The van der Waals surface area contributed by atoms with Crippen molar-refractivity contribution in [2.45, 2.75) is 19.3 Å². The lowest BCUT2D eigenvalue weighted by Crippen LogP contribution is -2.21. The summed E-state index contributed by atoms with van der Waals surface area (Å²) in [5.74, 6) is 1.63. The van der Waals surface area contributed by atoms with Crippen LogP contribution in [0.3, 0.4) is 0 Å². The van der Waals surface area contributed by atoms with Gasteiger partial charge >= 0.3 is 0 Å². The van der Waals surface area contributed by atoms with Gasteiger partial charge in [0.05, 0.1) is 13.2 Å². The normalized spacial score (nSPS) is 16.8. The molecule has 0 aliphatic heterocycles. The van der Waals surface area contributed by atoms with Crippen LogP contribution in [0, 0.1) is 5.92 Å². The van der Waals surface area contributed by atoms with Gasteiger partial charge in [0, 0.05) is 12.4 Å². The van der Waals surface area contributed by atoms with Crippen molar-refractivity contribution in [1.82, 2.24) is 5.32 Å². The molecule has 72 valence electrons. The summed E-state index contributed by atoms with van der Waals surface area (Å²) in [5, 5.41) is 3.35. The quantitative estimate of drug-likeness (QED) is 0.465. The van der Waals surface area contributed by atoms with Crippen molar-refractivity contribution < 1.29 is 4.74 Å². The largest absolute Gasteiger partial charge is 0.379 e. The molecule has 0 saturated heterocycles. The van der Waals surface area contributed by atoms with E-state index in [1.165, 1.54) is 19.3 Å². The fourth-order valence-electron chi connectivity index (χ4n) is 1.14. The maximum absolute atomic E-state index is 5.45. The molecule has 0 unspecified atom stereocenters. The third-order valence-corrected chi connectivity index (χ3v) is 2.23. The van der Waals surface area contributed by atoms with E-state index < -0.39 is 0 Å². The van der Waals surface area contributed by atoms with Crippen molar-refractivity contribution in [1.29, 1.82) is 0 Å². The van der Waals surface area contributed by atoms with E-state index in [1.54, 1.807) is 0 Å². The average Bonchev–Trinajstić information content (AvgIpc) is 2.87. The van der Waals surface area contributed by atoms with Gasteiger partial charge in [-0.3, -0.25) is 0 Å². The van der Waals surface area contributed by atoms with Crippen molar-refractivity contribution in [3.8, 4) is 0 Å². The van der Waals surface area contributed by atoms with Crippen molar-refractivity contribution >= 4 is 11.6 Å². The Balaban J connectivity index is 1.65. The van der Waals surface area contributed by atoms with Gasteiger partial charge in [0.2, 0.25) is 0 Å². The van der Waals surface area contributed by atoms with Crippen LogP contribution in [-0.2, 0) is 4.74 Å². The number of halogens is 1. The second kappa shape index (κ2) is 6.70. The van der Waals surface area contributed by atoms with E-state index in [0.717, 1.165) is 25.6 Å². The molecule has 1 saturated carbocycles. The molecule has 0 bridgehead atoms. The fraction of sp³-hybridized carbons (Fsp3) is 1.00. The zero-order valence-electron chi connectivity index (χ0n) is 7.52. The number of nitrogens with one attached hydrogen (secondary N) is 1. The van der Waals surface area contributed by atoms with E-state index in [1.807, 2.05) is 0 Å². The highest BCUT2D eigenvalue weighted by Crippen LogP contribution is 2.31. The van der Waals surface area contributed by atoms with E-state index in [2.05, 4.69) is 5.32 Å². The lowest BCUT2D eigenvalue weighted by Gasteiger charge is -2.03. The molecule has 3 heteroatoms. The summed E-state index contributed by atoms with van der Waals surface area (Å²) in [6, 6.07) is 0. The Morgan fingerprint density at radius 3 is 2.75 bits per heavy atom. The van der Waals surface area contributed by atoms with Crippen LogP contribution in [0.15, 0.2) is 0 Å². The molecule has 0 radical (unpaired) electrons. The molecule has 12 heavy (non-hydrogen) atoms. The molecule has 0 spiro atoms. The first kappa shape index (κ1) is 10.3. The van der Waals surface area contributed by atoms with E-state index in [0.29, 0.717) is 12.5 Å². The monoisotopic (exact) mass is 191 g/mol. The maximum atomic E-state index is 5.45. The first-order chi connectivity index (χ1) is 5.93. The smallest absolute Gasteiger partial charge is 0.0602 e. The molecule has 1 N–H and O–H groups in total. The molecule has 1 fully saturated rings. The van der Waals surface area contributed by atoms with Crippen LogP contribution in [0.2, 0.25) is 0 Å². The van der Waals surface area contributed by atoms with Crippen molar-refractivity contribution in [2.24, 2.45) is 5.92 Å². The van der Waals surface area contributed by atoms with E-state index in [-0.39, 0.29) is 0 Å². The van der Waals surface area contributed by atoms with Crippen molar-refractivity contribution in [3.05, 3.63) is 0 Å². The van der Waals surface area contributed by atoms with E-state index >= 15 is 0 Å². The number of hydrogen-bond donors (Lipinski definition) is 1. The predicted molar refractivity (Wildman–Crippen MR) is 51.7 cm³/mol. The fourth-order valence-corrected chi connectivity index (χ4v) is 1.25. The third-order valence-electron chi connectivity index (χ3n) is 2.07. The van der Waals surface area contributed by atoms with Gasteiger partial charge < -0.3 is 10.1 Å². The first-order valence-corrected chi connectivity index (χ1v) is 5.31. The van der Waals surface area contributed by atoms with Gasteiger partial charge in [-0.2, -0.15) is 0 Å². The van der Waals surface area contributed by atoms with Crippen LogP contribution in [0.25, 0.3) is 0 Å². The average molecular weight is 192 g/mol. The lowest BCUT2D eigenvalue weighted by molar-refractivity contribution is 0.151. The van der Waals surface area contributed by atoms with E-state index in [9.17, 15) is 0 Å². The Morgan fingerprint density at radius 2 is 2.08 bits per heavy atom. The maximum Gasteiger partial charge on any atom is 0.0602 e. The highest BCUT2D eigenvalue weighted by molar-refractivity contribution is 6.17. The predicted octanol–water partition coefficient (Wildman–Crippen LogP) is 1.63. The molecule has 0 aromatic heterocycles. The minimum Gasteiger partial charge on any atom is -0.379 e. The highest BCUT2D eigenvalue weighted by atomic mass is 35.5. The Kier molecular flexibility index (Phi) is 5.74. The van der Waals surface area contributed by atoms with Crippen molar-refractivity contribution in [2.75, 3.05) is 32.2 Å². The molecule has 0 heterocycles. The van der Waals surface area contributed by atoms with Crippen LogP contribution < -0.4 is 5.32 Å². The van der Waals surface area contributed by atoms with Gasteiger partial charge in [0.1, 0.15) is 0 Å². The molecule has 2 nitrogen and oxygen atoms in total. The van der Waals surface area contributed by atoms with E-state index in [4.69, 9.17) is 16.3 Å². The minimum absolute atomic E-state index is 0.599. The molecule has 0 aromatic rings. The molecular formula is C9H18ClNO. The Hall–Kier alpha value is 0.210. The van der Waals surface area contributed by atoms with Gasteiger partial charge in [-0.05, 0) is 18.9 Å². The number of alkyl halides is 1. The second-order valence-electron chi connectivity index (χ2n) is 3.28. The van der Waals surface area contributed by atoms with Crippen LogP contribution in [0.4, 0.5) is 0 Å². The summed E-state index contributed by atoms with van der Waals surface area (Å²) in [6.07, 6.45) is 4.24. The van der Waals surface area contributed by atoms with Crippen molar-refractivity contribution in [3.63, 3.8) is 0 Å². The lowest BCUT2D eigenvalue weighted by atomic mass is 10.3. The van der Waals surface area contributed by atoms with Gasteiger partial charge in [0.15, 0.2) is 0 Å². The summed E-state index contributed by atoms with van der Waals surface area (Å²) in [5.41, 5.74) is 0. The van der Waals surface area contributed by atoms with Gasteiger partial charge in [-0.15, -0.1) is 11.6 Å². The van der Waals surface area contributed by atoms with Crippen LogP contribution in [0.1, 0.15) is 19.3 Å². The Morgan fingerprint density at radius 1 is 1.25 bits per heavy atom. The van der Waals surface area contributed by atoms with Gasteiger partial charge in [-0.1, -0.05) is 12.8 Å². The number of hydrogen-bond acceptors (Lipinski definition) is 2. The minimum atomic E-state index is 0.599. The van der Waals surface area contributed by atoms with Crippen LogP contribution in [-0.4, -0.2) is 32.2 Å². The summed E-state index contributed by atoms with van der Waals surface area (Å²) < 4.78 is 5.21. The van der Waals surface area contributed by atoms with Gasteiger partial charge in [-0.25, -0.2) is 0 Å². The molecule has 0 aromatic carbocycles. The summed E-state index contributed by atoms with van der Waals surface area (Å²) >= 11 is 5.45. The molecule has 1 aliphatic rings. The molecule has 1 rings (SSSR count). The van der Waals surface area contributed by atoms with Gasteiger partial charge in [0.25, 0.3) is 0 Å². The molecule has 0 amide bonds. The molecule has 0 atom stereocenters. The number of ether oxygens (including phenoxy) is 1. The SMILES string of the molecule is ClCCOCCNCCC1CC1. The Labute approximate surface area is 79.6 Å². The standard InChI is InChI=1S/C9H18ClNO/c10-4-7-12-8-6-11-5-3-9-1-2-9/h9,11H,1-8H2. The zero-order valence-corrected chi connectivity index (χ0v) is 8.28. The summed E-state index contributed by atoms with van der Waals surface area (Å²) in [4.78, 5) is 0. The topological polar surface area (TPSA) is 21.3 Å². The number of rotatable bonds is 8. The Bertz CT molecular complexity index is 107. The van der Waals surface area contributed by atoms with Crippen LogP contribution >= 0.6 is 11.6 Å². The third kappa shape index (κ3) is 5.81. The highest BCUT2D eigenvalue weighted by Gasteiger charge is 2.19. The molecule has 1 aliphatic carbocycles. The summed E-state index contributed by atoms with van der Waals surface area (Å²) in [7, 11) is 0. The zero-order chi connectivity index (χ0) is 8.65. The first-order valence-electron chi connectivity index (χ1n) is 4.78.